The molecule has 0 radical (unpaired) electrons. The fourth-order valence-corrected chi connectivity index (χ4v) is 1.95. The first-order valence-corrected chi connectivity index (χ1v) is 6.25. The number of halogens is 2. The Hall–Kier alpha value is -0.970. The highest BCUT2D eigenvalue weighted by Gasteiger charge is 2.23. The average Bonchev–Trinajstić information content (AvgIpc) is 2.18. The van der Waals surface area contributed by atoms with Gasteiger partial charge in [-0.3, -0.25) is 0 Å². The summed E-state index contributed by atoms with van der Waals surface area (Å²) < 4.78 is 45.9. The zero-order chi connectivity index (χ0) is 11.5. The monoisotopic (exact) mass is 234 g/mol. The van der Waals surface area contributed by atoms with E-state index in [1.165, 1.54) is 0 Å². The van der Waals surface area contributed by atoms with E-state index in [0.29, 0.717) is 5.56 Å². The lowest BCUT2D eigenvalue weighted by atomic mass is 10.1. The number of benzene rings is 1. The number of hydrogen-bond donors (Lipinski definition) is 0. The minimum atomic E-state index is -4.30. The molecule has 1 aromatic carbocycles. The molecular formula is C10H12F2O2S. The Morgan fingerprint density at radius 3 is 2.00 bits per heavy atom. The topological polar surface area (TPSA) is 34.1 Å². The Balaban J connectivity index is 2.82. The van der Waals surface area contributed by atoms with E-state index in [4.69, 9.17) is 0 Å². The normalized spacial score (nSPS) is 12.0. The Kier molecular flexibility index (Phi) is 3.79. The van der Waals surface area contributed by atoms with Gasteiger partial charge in [0.1, 0.15) is 0 Å². The molecule has 0 N–H and O–H groups in total. The lowest BCUT2D eigenvalue weighted by Gasteiger charge is -2.03. The van der Waals surface area contributed by atoms with Gasteiger partial charge in [-0.25, -0.2) is 8.42 Å². The molecule has 0 spiro atoms. The number of aryl methyl sites for hydroxylation is 1. The van der Waals surface area contributed by atoms with E-state index in [1.54, 1.807) is 24.3 Å². The third-order valence-corrected chi connectivity index (χ3v) is 3.35. The lowest BCUT2D eigenvalue weighted by molar-refractivity contribution is 0.234. The molecule has 0 unspecified atom stereocenters. The Morgan fingerprint density at radius 2 is 1.60 bits per heavy atom. The van der Waals surface area contributed by atoms with Gasteiger partial charge in [-0.1, -0.05) is 31.2 Å². The van der Waals surface area contributed by atoms with Crippen LogP contribution in [0.15, 0.2) is 24.3 Å². The smallest absolute Gasteiger partial charge is 0.223 e. The maximum absolute atomic E-state index is 12.1. The van der Waals surface area contributed by atoms with Crippen LogP contribution in [0.5, 0.6) is 0 Å². The van der Waals surface area contributed by atoms with Crippen LogP contribution in [0.25, 0.3) is 0 Å². The van der Waals surface area contributed by atoms with Crippen LogP contribution in [0.3, 0.4) is 0 Å². The van der Waals surface area contributed by atoms with Crippen LogP contribution < -0.4 is 0 Å². The molecule has 0 saturated carbocycles. The van der Waals surface area contributed by atoms with Crippen LogP contribution in [0, 0.1) is 0 Å². The minimum Gasteiger partial charge on any atom is -0.223 e. The minimum absolute atomic E-state index is 0.396. The fraction of sp³-hybridized carbons (Fsp3) is 0.400. The maximum Gasteiger partial charge on any atom is 0.337 e. The second kappa shape index (κ2) is 4.70. The van der Waals surface area contributed by atoms with E-state index in [1.807, 2.05) is 6.92 Å². The Morgan fingerprint density at radius 1 is 1.13 bits per heavy atom. The van der Waals surface area contributed by atoms with E-state index < -0.39 is 21.3 Å². The van der Waals surface area contributed by atoms with Crippen molar-refractivity contribution in [1.29, 1.82) is 0 Å². The molecule has 15 heavy (non-hydrogen) atoms. The number of hydrogen-bond acceptors (Lipinski definition) is 2. The van der Waals surface area contributed by atoms with Crippen molar-refractivity contribution in [3.05, 3.63) is 35.4 Å². The van der Waals surface area contributed by atoms with Crippen molar-refractivity contribution in [2.24, 2.45) is 0 Å². The molecule has 84 valence electrons. The van der Waals surface area contributed by atoms with Crippen molar-refractivity contribution in [2.75, 3.05) is 0 Å². The van der Waals surface area contributed by atoms with Crippen molar-refractivity contribution >= 4 is 9.84 Å². The van der Waals surface area contributed by atoms with E-state index in [9.17, 15) is 17.2 Å². The first-order valence-electron chi connectivity index (χ1n) is 4.53. The van der Waals surface area contributed by atoms with Crippen LogP contribution in [0.2, 0.25) is 0 Å². The van der Waals surface area contributed by atoms with E-state index in [0.717, 1.165) is 12.0 Å². The summed E-state index contributed by atoms with van der Waals surface area (Å²) in [6.45, 7) is 1.96. The highest BCUT2D eigenvalue weighted by atomic mass is 32.2. The zero-order valence-corrected chi connectivity index (χ0v) is 9.10. The summed E-state index contributed by atoms with van der Waals surface area (Å²) in [5, 5.41) is 0. The zero-order valence-electron chi connectivity index (χ0n) is 8.28. The molecule has 0 amide bonds. The van der Waals surface area contributed by atoms with Crippen molar-refractivity contribution in [2.45, 2.75) is 24.9 Å². The average molecular weight is 234 g/mol. The van der Waals surface area contributed by atoms with Crippen molar-refractivity contribution in [3.8, 4) is 0 Å². The van der Waals surface area contributed by atoms with Gasteiger partial charge >= 0.3 is 5.76 Å². The van der Waals surface area contributed by atoms with Gasteiger partial charge in [0, 0.05) is 0 Å². The standard InChI is InChI=1S/C10H12F2O2S/c1-2-8-3-5-9(6-4-8)7-15(13,14)10(11)12/h3-6,10H,2,7H2,1H3. The molecule has 1 rings (SSSR count). The number of alkyl halides is 2. The second-order valence-corrected chi connectivity index (χ2v) is 5.21. The molecule has 0 atom stereocenters. The molecule has 0 aliphatic carbocycles. The molecular weight excluding hydrogens is 222 g/mol. The van der Waals surface area contributed by atoms with Gasteiger partial charge in [-0.05, 0) is 17.5 Å². The SMILES string of the molecule is CCc1ccc(CS(=O)(=O)C(F)F)cc1. The summed E-state index contributed by atoms with van der Waals surface area (Å²) in [6, 6.07) is 6.63. The van der Waals surface area contributed by atoms with Gasteiger partial charge in [0.05, 0.1) is 5.75 Å². The van der Waals surface area contributed by atoms with E-state index in [-0.39, 0.29) is 0 Å². The molecule has 0 aliphatic heterocycles. The van der Waals surface area contributed by atoms with Gasteiger partial charge in [-0.15, -0.1) is 0 Å². The summed E-state index contributed by atoms with van der Waals surface area (Å²) in [5.41, 5.74) is 1.45. The molecule has 5 heteroatoms. The third-order valence-electron chi connectivity index (χ3n) is 2.07. The fourth-order valence-electron chi connectivity index (χ4n) is 1.17. The van der Waals surface area contributed by atoms with Gasteiger partial charge in [0.25, 0.3) is 0 Å². The van der Waals surface area contributed by atoms with Crippen molar-refractivity contribution in [3.63, 3.8) is 0 Å². The van der Waals surface area contributed by atoms with Crippen LogP contribution in [-0.2, 0) is 22.0 Å². The molecule has 2 nitrogen and oxygen atoms in total. The van der Waals surface area contributed by atoms with Crippen molar-refractivity contribution in [1.82, 2.24) is 0 Å². The molecule has 0 aliphatic rings. The number of sulfone groups is 1. The Labute approximate surface area is 87.8 Å². The van der Waals surface area contributed by atoms with E-state index >= 15 is 0 Å². The summed E-state index contributed by atoms with van der Waals surface area (Å²) in [6.07, 6.45) is 0.835. The van der Waals surface area contributed by atoms with Gasteiger partial charge < -0.3 is 0 Å². The lowest BCUT2D eigenvalue weighted by Crippen LogP contribution is -2.13. The predicted octanol–water partition coefficient (Wildman–Crippen LogP) is 2.39. The highest BCUT2D eigenvalue weighted by Crippen LogP contribution is 2.14. The molecule has 0 bridgehead atoms. The summed E-state index contributed by atoms with van der Waals surface area (Å²) >= 11 is 0. The first kappa shape index (κ1) is 12.1. The van der Waals surface area contributed by atoms with Crippen LogP contribution in [0.4, 0.5) is 8.78 Å². The van der Waals surface area contributed by atoms with Gasteiger partial charge in [0.2, 0.25) is 9.84 Å². The number of rotatable bonds is 4. The Bertz CT molecular complexity index is 410. The van der Waals surface area contributed by atoms with Crippen LogP contribution in [-0.4, -0.2) is 14.2 Å². The molecule has 1 aromatic rings. The summed E-state index contributed by atoms with van der Waals surface area (Å²) in [7, 11) is -4.30. The van der Waals surface area contributed by atoms with E-state index in [2.05, 4.69) is 0 Å². The highest BCUT2D eigenvalue weighted by molar-refractivity contribution is 7.90. The molecule has 0 fully saturated rings. The molecule has 0 heterocycles. The largest absolute Gasteiger partial charge is 0.337 e. The summed E-state index contributed by atoms with van der Waals surface area (Å²) in [4.78, 5) is 0. The maximum atomic E-state index is 12.1. The van der Waals surface area contributed by atoms with Gasteiger partial charge in [0.15, 0.2) is 0 Å². The summed E-state index contributed by atoms with van der Waals surface area (Å²) in [5.74, 6) is -3.90. The third kappa shape index (κ3) is 3.27. The quantitative estimate of drug-likeness (QED) is 0.801. The van der Waals surface area contributed by atoms with Crippen LogP contribution in [0.1, 0.15) is 18.1 Å². The van der Waals surface area contributed by atoms with Crippen molar-refractivity contribution < 1.29 is 17.2 Å². The molecule has 0 aromatic heterocycles. The molecule has 0 saturated heterocycles. The van der Waals surface area contributed by atoms with Crippen LogP contribution >= 0.6 is 0 Å². The van der Waals surface area contributed by atoms with Gasteiger partial charge in [-0.2, -0.15) is 8.78 Å². The predicted molar refractivity (Wildman–Crippen MR) is 54.4 cm³/mol. The second-order valence-electron chi connectivity index (χ2n) is 3.24. The first-order chi connectivity index (χ1) is 6.95.